The van der Waals surface area contributed by atoms with E-state index in [1.807, 2.05) is 18.2 Å². The first-order valence-electron chi connectivity index (χ1n) is 11.4. The molecule has 3 aromatic carbocycles. The number of fused-ring (bicyclic) bond motifs is 1. The van der Waals surface area contributed by atoms with Crippen LogP contribution in [0, 0.1) is 5.92 Å². The first-order valence-corrected chi connectivity index (χ1v) is 11.4. The predicted octanol–water partition coefficient (Wildman–Crippen LogP) is 6.20. The number of anilines is 2. The summed E-state index contributed by atoms with van der Waals surface area (Å²) in [5.74, 6) is 1.62. The van der Waals surface area contributed by atoms with E-state index in [1.54, 1.807) is 7.11 Å². The van der Waals surface area contributed by atoms with Gasteiger partial charge in [-0.05, 0) is 92.4 Å². The van der Waals surface area contributed by atoms with Gasteiger partial charge >= 0.3 is 0 Å². The Kier molecular flexibility index (Phi) is 6.04. The molecule has 0 spiro atoms. The van der Waals surface area contributed by atoms with E-state index in [4.69, 9.17) is 9.72 Å². The lowest BCUT2D eigenvalue weighted by Crippen LogP contribution is -2.28. The molecule has 0 unspecified atom stereocenters. The number of hydrogen-bond donors (Lipinski definition) is 2. The molecule has 1 aromatic heterocycles. The van der Waals surface area contributed by atoms with Gasteiger partial charge in [0, 0.05) is 16.6 Å². The average molecular weight is 424 g/mol. The van der Waals surface area contributed by atoms with Gasteiger partial charge in [-0.15, -0.1) is 0 Å². The van der Waals surface area contributed by atoms with E-state index in [9.17, 15) is 0 Å². The summed E-state index contributed by atoms with van der Waals surface area (Å²) in [5, 5.41) is 8.26. The maximum Gasteiger partial charge on any atom is 0.118 e. The van der Waals surface area contributed by atoms with E-state index in [-0.39, 0.29) is 0 Å². The van der Waals surface area contributed by atoms with Crippen molar-refractivity contribution in [3.05, 3.63) is 84.4 Å². The van der Waals surface area contributed by atoms with Gasteiger partial charge in [-0.2, -0.15) is 0 Å². The molecule has 1 saturated heterocycles. The van der Waals surface area contributed by atoms with Crippen molar-refractivity contribution in [1.29, 1.82) is 0 Å². The van der Waals surface area contributed by atoms with Gasteiger partial charge in [-0.25, -0.2) is 4.98 Å². The van der Waals surface area contributed by atoms with Crippen molar-refractivity contribution in [3.63, 3.8) is 0 Å². The number of piperidine rings is 1. The zero-order valence-electron chi connectivity index (χ0n) is 18.5. The van der Waals surface area contributed by atoms with Crippen LogP contribution in [0.3, 0.4) is 0 Å². The fourth-order valence-electron chi connectivity index (χ4n) is 4.54. The van der Waals surface area contributed by atoms with Gasteiger partial charge in [0.1, 0.15) is 5.75 Å². The maximum absolute atomic E-state index is 5.31. The third-order valence-corrected chi connectivity index (χ3v) is 6.29. The van der Waals surface area contributed by atoms with Crippen molar-refractivity contribution >= 4 is 22.3 Å². The summed E-state index contributed by atoms with van der Waals surface area (Å²) in [4.78, 5) is 4.91. The van der Waals surface area contributed by atoms with Crippen LogP contribution in [0.2, 0.25) is 0 Å². The molecule has 2 N–H and O–H groups in total. The van der Waals surface area contributed by atoms with Crippen LogP contribution in [0.15, 0.2) is 78.9 Å². The normalized spacial score (nSPS) is 14.4. The third-order valence-electron chi connectivity index (χ3n) is 6.29. The van der Waals surface area contributed by atoms with Crippen molar-refractivity contribution in [1.82, 2.24) is 10.3 Å². The molecule has 4 nitrogen and oxygen atoms in total. The molecule has 32 heavy (non-hydrogen) atoms. The van der Waals surface area contributed by atoms with Gasteiger partial charge in [0.15, 0.2) is 0 Å². The Morgan fingerprint density at radius 3 is 2.56 bits per heavy atom. The number of para-hydroxylation sites is 1. The van der Waals surface area contributed by atoms with Gasteiger partial charge in [0.05, 0.1) is 24.0 Å². The van der Waals surface area contributed by atoms with Crippen molar-refractivity contribution in [2.45, 2.75) is 19.3 Å². The van der Waals surface area contributed by atoms with E-state index >= 15 is 0 Å². The van der Waals surface area contributed by atoms with E-state index < -0.39 is 0 Å². The first-order chi connectivity index (χ1) is 15.8. The number of benzene rings is 3. The van der Waals surface area contributed by atoms with Gasteiger partial charge in [0.2, 0.25) is 0 Å². The monoisotopic (exact) mass is 423 g/mol. The zero-order valence-corrected chi connectivity index (χ0v) is 18.5. The fourth-order valence-corrected chi connectivity index (χ4v) is 4.54. The SMILES string of the molecule is COc1ccc(-c2cc(Nc3cccc(CC4CCNCC4)c3)c3ccccc3n2)cc1. The smallest absolute Gasteiger partial charge is 0.118 e. The lowest BCUT2D eigenvalue weighted by Gasteiger charge is -2.22. The minimum absolute atomic E-state index is 0.773. The maximum atomic E-state index is 5.31. The molecular formula is C28H29N3O. The average Bonchev–Trinajstić information content (AvgIpc) is 2.85. The molecule has 0 bridgehead atoms. The Morgan fingerprint density at radius 1 is 0.938 bits per heavy atom. The summed E-state index contributed by atoms with van der Waals surface area (Å²) in [7, 11) is 1.69. The molecule has 0 radical (unpaired) electrons. The van der Waals surface area contributed by atoms with Gasteiger partial charge in [-0.3, -0.25) is 0 Å². The highest BCUT2D eigenvalue weighted by Gasteiger charge is 2.14. The number of aromatic nitrogens is 1. The summed E-state index contributed by atoms with van der Waals surface area (Å²) >= 11 is 0. The highest BCUT2D eigenvalue weighted by Crippen LogP contribution is 2.31. The molecular weight excluding hydrogens is 394 g/mol. The van der Waals surface area contributed by atoms with Crippen LogP contribution in [0.25, 0.3) is 22.2 Å². The highest BCUT2D eigenvalue weighted by atomic mass is 16.5. The molecule has 2 heterocycles. The second kappa shape index (κ2) is 9.41. The molecule has 0 saturated carbocycles. The van der Waals surface area contributed by atoms with E-state index in [1.165, 1.54) is 18.4 Å². The molecule has 0 amide bonds. The lowest BCUT2D eigenvalue weighted by atomic mass is 9.91. The molecule has 1 aliphatic rings. The predicted molar refractivity (Wildman–Crippen MR) is 133 cm³/mol. The molecule has 162 valence electrons. The number of nitrogens with one attached hydrogen (secondary N) is 2. The molecule has 0 aliphatic carbocycles. The van der Waals surface area contributed by atoms with Crippen LogP contribution >= 0.6 is 0 Å². The highest BCUT2D eigenvalue weighted by molar-refractivity contribution is 5.95. The third kappa shape index (κ3) is 4.61. The Bertz CT molecular complexity index is 1200. The van der Waals surface area contributed by atoms with Crippen molar-refractivity contribution in [2.24, 2.45) is 5.92 Å². The van der Waals surface area contributed by atoms with E-state index in [2.05, 4.69) is 71.3 Å². The van der Waals surface area contributed by atoms with Crippen LogP contribution in [-0.4, -0.2) is 25.2 Å². The van der Waals surface area contributed by atoms with Gasteiger partial charge in [-0.1, -0.05) is 30.3 Å². The number of nitrogens with zero attached hydrogens (tertiary/aromatic N) is 1. The topological polar surface area (TPSA) is 46.2 Å². The molecule has 5 rings (SSSR count). The van der Waals surface area contributed by atoms with Gasteiger partial charge < -0.3 is 15.4 Å². The summed E-state index contributed by atoms with van der Waals surface area (Å²) in [6.07, 6.45) is 3.67. The van der Waals surface area contributed by atoms with Crippen LogP contribution in [0.1, 0.15) is 18.4 Å². The first kappa shape index (κ1) is 20.5. The van der Waals surface area contributed by atoms with Crippen molar-refractivity contribution in [2.75, 3.05) is 25.5 Å². The quantitative estimate of drug-likeness (QED) is 0.388. The van der Waals surface area contributed by atoms with Gasteiger partial charge in [0.25, 0.3) is 0 Å². The van der Waals surface area contributed by atoms with Crippen LogP contribution < -0.4 is 15.4 Å². The summed E-state index contributed by atoms with van der Waals surface area (Å²) in [5.41, 5.74) is 6.58. The number of hydrogen-bond acceptors (Lipinski definition) is 4. The van der Waals surface area contributed by atoms with Crippen LogP contribution in [0.4, 0.5) is 11.4 Å². The Hall–Kier alpha value is -3.37. The summed E-state index contributed by atoms with van der Waals surface area (Å²) in [6, 6.07) is 27.4. The number of methoxy groups -OCH3 is 1. The van der Waals surface area contributed by atoms with Crippen molar-refractivity contribution < 1.29 is 4.74 Å². The van der Waals surface area contributed by atoms with E-state index in [0.29, 0.717) is 0 Å². The molecule has 1 fully saturated rings. The van der Waals surface area contributed by atoms with E-state index in [0.717, 1.165) is 64.7 Å². The summed E-state index contributed by atoms with van der Waals surface area (Å²) < 4.78 is 5.31. The minimum atomic E-state index is 0.773. The minimum Gasteiger partial charge on any atom is -0.497 e. The Morgan fingerprint density at radius 2 is 1.75 bits per heavy atom. The number of ether oxygens (including phenoxy) is 1. The van der Waals surface area contributed by atoms with Crippen molar-refractivity contribution in [3.8, 4) is 17.0 Å². The number of rotatable bonds is 6. The molecule has 4 heteroatoms. The largest absolute Gasteiger partial charge is 0.497 e. The zero-order chi connectivity index (χ0) is 21.8. The van der Waals surface area contributed by atoms with Crippen LogP contribution in [-0.2, 0) is 6.42 Å². The lowest BCUT2D eigenvalue weighted by molar-refractivity contribution is 0.373. The summed E-state index contributed by atoms with van der Waals surface area (Å²) in [6.45, 7) is 2.28. The second-order valence-corrected chi connectivity index (χ2v) is 8.52. The Balaban J connectivity index is 1.46. The molecule has 1 aliphatic heterocycles. The standard InChI is InChI=1S/C28H29N3O/c1-32-24-11-9-22(10-12-24)27-19-28(25-7-2-3-8-26(25)31-27)30-23-6-4-5-21(18-23)17-20-13-15-29-16-14-20/h2-12,18-20,29H,13-17H2,1H3,(H,30,31). The Labute approximate surface area is 189 Å². The fraction of sp³-hybridized carbons (Fsp3) is 0.250. The molecule has 0 atom stereocenters. The van der Waals surface area contributed by atoms with Crippen LogP contribution in [0.5, 0.6) is 5.75 Å². The molecule has 4 aromatic rings. The second-order valence-electron chi connectivity index (χ2n) is 8.52. The number of pyridine rings is 1.